The Morgan fingerprint density at radius 3 is 2.28 bits per heavy atom. The van der Waals surface area contributed by atoms with E-state index in [4.69, 9.17) is 16.3 Å². The first-order valence-electron chi connectivity index (χ1n) is 9.30. The molecule has 0 heterocycles. The number of hydrogen-bond donors (Lipinski definition) is 1. The summed E-state index contributed by atoms with van der Waals surface area (Å²) in [6, 6.07) is 11.3. The minimum absolute atomic E-state index is 0.260. The quantitative estimate of drug-likeness (QED) is 0.677. The number of carbonyl (C=O) groups is 1. The third kappa shape index (κ3) is 5.64. The Bertz CT molecular complexity index is 961. The molecule has 0 aliphatic rings. The molecule has 0 fully saturated rings. The van der Waals surface area contributed by atoms with Crippen molar-refractivity contribution in [2.75, 3.05) is 17.7 Å². The van der Waals surface area contributed by atoms with Gasteiger partial charge in [-0.2, -0.15) is 0 Å². The van der Waals surface area contributed by atoms with Gasteiger partial charge < -0.3 is 10.1 Å². The standard InChI is InChI=1S/C21H27ClN2O4S/c1-6-16-7-9-17(10-8-16)14(2)23-21(25)15(3)24(29(5,26)27)18-11-12-20(28-4)19(22)13-18/h7-15H,6H2,1-5H3,(H,23,25)/t14-,15-/m1/s1. The molecule has 0 saturated carbocycles. The van der Waals surface area contributed by atoms with Crippen molar-refractivity contribution in [3.8, 4) is 5.75 Å². The molecular formula is C21H27ClN2O4S. The molecule has 2 aromatic rings. The Kier molecular flexibility index (Phi) is 7.54. The summed E-state index contributed by atoms with van der Waals surface area (Å²) in [5, 5.41) is 3.15. The van der Waals surface area contributed by atoms with Crippen molar-refractivity contribution in [3.05, 3.63) is 58.6 Å². The highest BCUT2D eigenvalue weighted by Gasteiger charge is 2.30. The Morgan fingerprint density at radius 1 is 1.17 bits per heavy atom. The van der Waals surface area contributed by atoms with Gasteiger partial charge in [-0.15, -0.1) is 0 Å². The number of aryl methyl sites for hydroxylation is 1. The van der Waals surface area contributed by atoms with Crippen LogP contribution >= 0.6 is 11.6 Å². The Balaban J connectivity index is 2.25. The second-order valence-electron chi connectivity index (χ2n) is 6.88. The molecule has 0 saturated heterocycles. The number of amides is 1. The third-order valence-electron chi connectivity index (χ3n) is 4.73. The van der Waals surface area contributed by atoms with Gasteiger partial charge >= 0.3 is 0 Å². The van der Waals surface area contributed by atoms with Gasteiger partial charge in [0.25, 0.3) is 0 Å². The molecule has 6 nitrogen and oxygen atoms in total. The number of carbonyl (C=O) groups excluding carboxylic acids is 1. The van der Waals surface area contributed by atoms with Gasteiger partial charge in [0.05, 0.1) is 30.1 Å². The van der Waals surface area contributed by atoms with E-state index in [0.29, 0.717) is 11.4 Å². The number of methoxy groups -OCH3 is 1. The summed E-state index contributed by atoms with van der Waals surface area (Å²) in [5.41, 5.74) is 2.45. The summed E-state index contributed by atoms with van der Waals surface area (Å²) in [7, 11) is -2.26. The smallest absolute Gasteiger partial charge is 0.244 e. The molecule has 158 valence electrons. The van der Waals surface area contributed by atoms with Crippen LogP contribution in [0.3, 0.4) is 0 Å². The second-order valence-corrected chi connectivity index (χ2v) is 9.15. The van der Waals surface area contributed by atoms with Gasteiger partial charge in [-0.3, -0.25) is 9.10 Å². The molecule has 8 heteroatoms. The van der Waals surface area contributed by atoms with Gasteiger partial charge in [0, 0.05) is 0 Å². The lowest BCUT2D eigenvalue weighted by Gasteiger charge is -2.29. The lowest BCUT2D eigenvalue weighted by molar-refractivity contribution is -0.122. The zero-order valence-corrected chi connectivity index (χ0v) is 18.8. The molecule has 0 bridgehead atoms. The predicted molar refractivity (Wildman–Crippen MR) is 117 cm³/mol. The van der Waals surface area contributed by atoms with Crippen LogP contribution in [0.15, 0.2) is 42.5 Å². The van der Waals surface area contributed by atoms with E-state index in [-0.39, 0.29) is 11.1 Å². The predicted octanol–water partition coefficient (Wildman–Crippen LogP) is 3.94. The lowest BCUT2D eigenvalue weighted by atomic mass is 10.0. The molecule has 2 atom stereocenters. The van der Waals surface area contributed by atoms with Crippen LogP contribution in [-0.4, -0.2) is 33.7 Å². The van der Waals surface area contributed by atoms with Gasteiger partial charge in [0.2, 0.25) is 15.9 Å². The fraction of sp³-hybridized carbons (Fsp3) is 0.381. The van der Waals surface area contributed by atoms with E-state index < -0.39 is 22.0 Å². The van der Waals surface area contributed by atoms with E-state index in [1.165, 1.54) is 18.7 Å². The molecule has 0 unspecified atom stereocenters. The summed E-state index contributed by atoms with van der Waals surface area (Å²) >= 11 is 6.15. The molecule has 0 aliphatic heterocycles. The number of benzene rings is 2. The van der Waals surface area contributed by atoms with Crippen LogP contribution in [0.25, 0.3) is 0 Å². The summed E-state index contributed by atoms with van der Waals surface area (Å²) in [4.78, 5) is 12.8. The number of nitrogens with zero attached hydrogens (tertiary/aromatic N) is 1. The number of hydrogen-bond acceptors (Lipinski definition) is 4. The first-order valence-corrected chi connectivity index (χ1v) is 11.5. The van der Waals surface area contributed by atoms with Crippen LogP contribution in [-0.2, 0) is 21.2 Å². The van der Waals surface area contributed by atoms with Crippen molar-refractivity contribution >= 4 is 33.2 Å². The molecular weight excluding hydrogens is 412 g/mol. The number of anilines is 1. The number of nitrogens with one attached hydrogen (secondary N) is 1. The van der Waals surface area contributed by atoms with Crippen molar-refractivity contribution in [3.63, 3.8) is 0 Å². The molecule has 0 spiro atoms. The monoisotopic (exact) mass is 438 g/mol. The maximum Gasteiger partial charge on any atom is 0.244 e. The number of rotatable bonds is 8. The summed E-state index contributed by atoms with van der Waals surface area (Å²) < 4.78 is 31.1. The van der Waals surface area contributed by atoms with Crippen molar-refractivity contribution in [1.82, 2.24) is 5.32 Å². The largest absolute Gasteiger partial charge is 0.495 e. The maximum atomic E-state index is 12.8. The fourth-order valence-corrected chi connectivity index (χ4v) is 4.48. The van der Waals surface area contributed by atoms with Crippen LogP contribution < -0.4 is 14.4 Å². The zero-order valence-electron chi connectivity index (χ0n) is 17.3. The number of halogens is 1. The minimum Gasteiger partial charge on any atom is -0.495 e. The van der Waals surface area contributed by atoms with Crippen LogP contribution in [0, 0.1) is 0 Å². The summed E-state index contributed by atoms with van der Waals surface area (Å²) in [6.45, 7) is 5.48. The summed E-state index contributed by atoms with van der Waals surface area (Å²) in [6.07, 6.45) is 1.99. The average molecular weight is 439 g/mol. The second kappa shape index (κ2) is 9.50. The van der Waals surface area contributed by atoms with Crippen LogP contribution in [0.1, 0.15) is 37.9 Å². The van der Waals surface area contributed by atoms with Crippen molar-refractivity contribution < 1.29 is 17.9 Å². The number of ether oxygens (including phenoxy) is 1. The average Bonchev–Trinajstić information content (AvgIpc) is 2.67. The SMILES string of the molecule is CCc1ccc([C@@H](C)NC(=O)[C@@H](C)N(c2ccc(OC)c(Cl)c2)S(C)(=O)=O)cc1. The Labute approximate surface area is 177 Å². The van der Waals surface area contributed by atoms with E-state index >= 15 is 0 Å². The molecule has 0 aromatic heterocycles. The van der Waals surface area contributed by atoms with Crippen LogP contribution in [0.5, 0.6) is 5.75 Å². The first kappa shape index (κ1) is 23.0. The first-order chi connectivity index (χ1) is 13.6. The normalized spacial score (nSPS) is 13.4. The van der Waals surface area contributed by atoms with Crippen LogP contribution in [0.4, 0.5) is 5.69 Å². The van der Waals surface area contributed by atoms with Gasteiger partial charge in [-0.1, -0.05) is 42.8 Å². The summed E-state index contributed by atoms with van der Waals surface area (Å²) in [5.74, 6) is 0.0135. The van der Waals surface area contributed by atoms with Crippen molar-refractivity contribution in [1.29, 1.82) is 0 Å². The Morgan fingerprint density at radius 2 is 1.79 bits per heavy atom. The third-order valence-corrected chi connectivity index (χ3v) is 6.26. The highest BCUT2D eigenvalue weighted by atomic mass is 35.5. The van der Waals surface area contributed by atoms with E-state index in [2.05, 4.69) is 12.2 Å². The maximum absolute atomic E-state index is 12.8. The van der Waals surface area contributed by atoms with Crippen LogP contribution in [0.2, 0.25) is 5.02 Å². The lowest BCUT2D eigenvalue weighted by Crippen LogP contribution is -2.48. The van der Waals surface area contributed by atoms with Gasteiger partial charge in [0.1, 0.15) is 11.8 Å². The topological polar surface area (TPSA) is 75.7 Å². The van der Waals surface area contributed by atoms with Crippen molar-refractivity contribution in [2.24, 2.45) is 0 Å². The highest BCUT2D eigenvalue weighted by Crippen LogP contribution is 2.31. The van der Waals surface area contributed by atoms with Crippen molar-refractivity contribution in [2.45, 2.75) is 39.3 Å². The molecule has 1 amide bonds. The highest BCUT2D eigenvalue weighted by molar-refractivity contribution is 7.92. The number of sulfonamides is 1. The van der Waals surface area contributed by atoms with Gasteiger partial charge in [0.15, 0.2) is 0 Å². The molecule has 0 radical (unpaired) electrons. The fourth-order valence-electron chi connectivity index (χ4n) is 3.06. The van der Waals surface area contributed by atoms with E-state index in [9.17, 15) is 13.2 Å². The minimum atomic E-state index is -3.73. The van der Waals surface area contributed by atoms with Gasteiger partial charge in [-0.25, -0.2) is 8.42 Å². The van der Waals surface area contributed by atoms with E-state index in [1.807, 2.05) is 31.2 Å². The van der Waals surface area contributed by atoms with E-state index in [0.717, 1.165) is 22.5 Å². The Hall–Kier alpha value is -2.25. The van der Waals surface area contributed by atoms with Gasteiger partial charge in [-0.05, 0) is 49.6 Å². The molecule has 2 rings (SSSR count). The zero-order chi connectivity index (χ0) is 21.8. The molecule has 0 aliphatic carbocycles. The van der Waals surface area contributed by atoms with E-state index in [1.54, 1.807) is 19.1 Å². The molecule has 1 N–H and O–H groups in total. The molecule has 2 aromatic carbocycles. The molecule has 29 heavy (non-hydrogen) atoms.